The highest BCUT2D eigenvalue weighted by atomic mass is 35.5. The van der Waals surface area contributed by atoms with Gasteiger partial charge in [-0.05, 0) is 42.2 Å². The number of halogens is 1. The first-order valence-corrected chi connectivity index (χ1v) is 10.5. The molecule has 0 unspecified atom stereocenters. The number of carbonyl (C=O) groups excluding carboxylic acids is 1. The third-order valence-electron chi connectivity index (χ3n) is 5.38. The summed E-state index contributed by atoms with van der Waals surface area (Å²) in [5.41, 5.74) is 4.22. The molecule has 0 spiro atoms. The first-order chi connectivity index (χ1) is 14.6. The van der Waals surface area contributed by atoms with Gasteiger partial charge in [-0.2, -0.15) is 5.10 Å². The summed E-state index contributed by atoms with van der Waals surface area (Å²) in [6.45, 7) is 3.20. The number of rotatable bonds is 6. The molecule has 2 heterocycles. The van der Waals surface area contributed by atoms with Gasteiger partial charge in [-0.3, -0.25) is 14.8 Å². The topological polar surface area (TPSA) is 81.2 Å². The van der Waals surface area contributed by atoms with Crippen LogP contribution >= 0.6 is 11.6 Å². The average molecular weight is 425 g/mol. The number of aromatic nitrogens is 2. The number of hydrogen-bond acceptors (Lipinski definition) is 4. The molecule has 3 aromatic rings. The Balaban J connectivity index is 1.30. The molecule has 0 atom stereocenters. The van der Waals surface area contributed by atoms with Crippen LogP contribution in [-0.4, -0.2) is 45.3 Å². The van der Waals surface area contributed by atoms with E-state index in [1.54, 1.807) is 12.1 Å². The lowest BCUT2D eigenvalue weighted by Crippen LogP contribution is -2.35. The molecule has 4 rings (SSSR count). The summed E-state index contributed by atoms with van der Waals surface area (Å²) < 4.78 is 0. The molecule has 0 aliphatic carbocycles. The molecule has 0 radical (unpaired) electrons. The SMILES string of the molecule is O=C(NCc1ccc(CN2CCC(O)CC2)cc1)c1cc(-c2cccc(Cl)c2)n[nH]1. The van der Waals surface area contributed by atoms with E-state index in [9.17, 15) is 9.90 Å². The van der Waals surface area contributed by atoms with Gasteiger partial charge < -0.3 is 10.4 Å². The molecule has 1 aromatic heterocycles. The maximum atomic E-state index is 12.5. The van der Waals surface area contributed by atoms with Gasteiger partial charge in [-0.25, -0.2) is 0 Å². The summed E-state index contributed by atoms with van der Waals surface area (Å²) in [5, 5.41) is 20.2. The van der Waals surface area contributed by atoms with Crippen molar-refractivity contribution in [3.8, 4) is 11.3 Å². The predicted molar refractivity (Wildman–Crippen MR) is 117 cm³/mol. The normalized spacial score (nSPS) is 15.3. The maximum absolute atomic E-state index is 12.5. The molecular weight excluding hydrogens is 400 g/mol. The fourth-order valence-electron chi connectivity index (χ4n) is 3.61. The Kier molecular flexibility index (Phi) is 6.47. The van der Waals surface area contributed by atoms with Gasteiger partial charge in [0.05, 0.1) is 11.8 Å². The Morgan fingerprint density at radius 3 is 2.60 bits per heavy atom. The zero-order valence-electron chi connectivity index (χ0n) is 16.6. The van der Waals surface area contributed by atoms with Crippen LogP contribution in [0.25, 0.3) is 11.3 Å². The van der Waals surface area contributed by atoms with Crippen molar-refractivity contribution >= 4 is 17.5 Å². The minimum Gasteiger partial charge on any atom is -0.393 e. The van der Waals surface area contributed by atoms with Crippen LogP contribution in [-0.2, 0) is 13.1 Å². The summed E-state index contributed by atoms with van der Waals surface area (Å²) in [7, 11) is 0. The summed E-state index contributed by atoms with van der Waals surface area (Å²) >= 11 is 6.02. The summed E-state index contributed by atoms with van der Waals surface area (Å²) in [6.07, 6.45) is 1.54. The number of hydrogen-bond donors (Lipinski definition) is 3. The molecule has 1 aliphatic heterocycles. The Morgan fingerprint density at radius 2 is 1.87 bits per heavy atom. The van der Waals surface area contributed by atoms with Gasteiger partial charge in [0.1, 0.15) is 5.69 Å². The highest BCUT2D eigenvalue weighted by Gasteiger charge is 2.17. The fourth-order valence-corrected chi connectivity index (χ4v) is 3.80. The van der Waals surface area contributed by atoms with Crippen molar-refractivity contribution < 1.29 is 9.90 Å². The zero-order chi connectivity index (χ0) is 20.9. The van der Waals surface area contributed by atoms with E-state index in [1.807, 2.05) is 30.3 Å². The van der Waals surface area contributed by atoms with Crippen LogP contribution in [0.2, 0.25) is 5.02 Å². The summed E-state index contributed by atoms with van der Waals surface area (Å²) in [5.74, 6) is -0.202. The quantitative estimate of drug-likeness (QED) is 0.564. The Bertz CT molecular complexity index is 994. The molecule has 6 nitrogen and oxygen atoms in total. The molecule has 2 aromatic carbocycles. The molecule has 7 heteroatoms. The van der Waals surface area contributed by atoms with Crippen LogP contribution in [0.5, 0.6) is 0 Å². The lowest BCUT2D eigenvalue weighted by atomic mass is 10.1. The monoisotopic (exact) mass is 424 g/mol. The highest BCUT2D eigenvalue weighted by Crippen LogP contribution is 2.21. The van der Waals surface area contributed by atoms with Gasteiger partial charge in [0, 0.05) is 36.8 Å². The number of likely N-dealkylation sites (tertiary alicyclic amines) is 1. The summed E-state index contributed by atoms with van der Waals surface area (Å²) in [6, 6.07) is 17.4. The van der Waals surface area contributed by atoms with Gasteiger partial charge in [0.25, 0.3) is 5.91 Å². The maximum Gasteiger partial charge on any atom is 0.269 e. The van der Waals surface area contributed by atoms with Gasteiger partial charge in [-0.1, -0.05) is 48.0 Å². The number of H-pyrrole nitrogens is 1. The van der Waals surface area contributed by atoms with E-state index >= 15 is 0 Å². The lowest BCUT2D eigenvalue weighted by molar-refractivity contribution is 0.0792. The van der Waals surface area contributed by atoms with E-state index < -0.39 is 0 Å². The predicted octanol–water partition coefficient (Wildman–Crippen LogP) is 3.62. The number of aliphatic hydroxyl groups excluding tert-OH is 1. The molecule has 0 saturated carbocycles. The molecule has 1 amide bonds. The minimum atomic E-state index is -0.202. The Hall–Kier alpha value is -2.67. The number of aliphatic hydroxyl groups is 1. The molecule has 0 bridgehead atoms. The number of nitrogens with one attached hydrogen (secondary N) is 2. The molecule has 1 saturated heterocycles. The van der Waals surface area contributed by atoms with Gasteiger partial charge in [0.2, 0.25) is 0 Å². The van der Waals surface area contributed by atoms with Crippen molar-refractivity contribution in [2.45, 2.75) is 32.0 Å². The van der Waals surface area contributed by atoms with E-state index in [2.05, 4.69) is 32.5 Å². The van der Waals surface area contributed by atoms with Crippen molar-refractivity contribution in [1.82, 2.24) is 20.4 Å². The third-order valence-corrected chi connectivity index (χ3v) is 5.62. The fraction of sp³-hybridized carbons (Fsp3) is 0.304. The highest BCUT2D eigenvalue weighted by molar-refractivity contribution is 6.30. The van der Waals surface area contributed by atoms with E-state index in [-0.39, 0.29) is 12.0 Å². The number of amides is 1. The second-order valence-electron chi connectivity index (χ2n) is 7.68. The van der Waals surface area contributed by atoms with Crippen LogP contribution in [0.3, 0.4) is 0 Å². The second kappa shape index (κ2) is 9.43. The first kappa shape index (κ1) is 20.6. The zero-order valence-corrected chi connectivity index (χ0v) is 17.4. The van der Waals surface area contributed by atoms with Gasteiger partial charge in [0.15, 0.2) is 0 Å². The Morgan fingerprint density at radius 1 is 1.13 bits per heavy atom. The van der Waals surface area contributed by atoms with Crippen LogP contribution < -0.4 is 5.32 Å². The van der Waals surface area contributed by atoms with E-state index in [1.165, 1.54) is 5.56 Å². The van der Waals surface area contributed by atoms with Crippen molar-refractivity contribution in [1.29, 1.82) is 0 Å². The molecule has 1 fully saturated rings. The van der Waals surface area contributed by atoms with E-state index in [0.717, 1.165) is 43.6 Å². The van der Waals surface area contributed by atoms with Crippen LogP contribution in [0.1, 0.15) is 34.5 Å². The molecule has 156 valence electrons. The van der Waals surface area contributed by atoms with Crippen LogP contribution in [0, 0.1) is 0 Å². The molecule has 1 aliphatic rings. The molecule has 30 heavy (non-hydrogen) atoms. The third kappa shape index (κ3) is 5.27. The lowest BCUT2D eigenvalue weighted by Gasteiger charge is -2.29. The Labute approximate surface area is 180 Å². The van der Waals surface area contributed by atoms with E-state index in [0.29, 0.717) is 23.0 Å². The number of carbonyl (C=O) groups is 1. The van der Waals surface area contributed by atoms with Gasteiger partial charge in [-0.15, -0.1) is 0 Å². The smallest absolute Gasteiger partial charge is 0.269 e. The average Bonchev–Trinajstić information content (AvgIpc) is 3.25. The van der Waals surface area contributed by atoms with Crippen molar-refractivity contribution in [3.05, 3.63) is 76.4 Å². The number of aromatic amines is 1. The second-order valence-corrected chi connectivity index (χ2v) is 8.12. The standard InChI is InChI=1S/C23H25ClN4O2/c24-19-3-1-2-18(12-19)21-13-22(27-26-21)23(30)25-14-16-4-6-17(7-5-16)15-28-10-8-20(29)9-11-28/h1-7,12-13,20,29H,8-11,14-15H2,(H,25,30)(H,26,27). The van der Waals surface area contributed by atoms with Crippen molar-refractivity contribution in [2.75, 3.05) is 13.1 Å². The minimum absolute atomic E-state index is 0.149. The van der Waals surface area contributed by atoms with Crippen molar-refractivity contribution in [3.63, 3.8) is 0 Å². The first-order valence-electron chi connectivity index (χ1n) is 10.1. The largest absolute Gasteiger partial charge is 0.393 e. The van der Waals surface area contributed by atoms with Crippen LogP contribution in [0.4, 0.5) is 0 Å². The molecular formula is C23H25ClN4O2. The number of benzene rings is 2. The van der Waals surface area contributed by atoms with Gasteiger partial charge >= 0.3 is 0 Å². The van der Waals surface area contributed by atoms with E-state index in [4.69, 9.17) is 11.6 Å². The number of nitrogens with zero attached hydrogens (tertiary/aromatic N) is 2. The number of piperidine rings is 1. The van der Waals surface area contributed by atoms with Crippen LogP contribution in [0.15, 0.2) is 54.6 Å². The summed E-state index contributed by atoms with van der Waals surface area (Å²) in [4.78, 5) is 14.8. The molecule has 3 N–H and O–H groups in total. The van der Waals surface area contributed by atoms with Crippen molar-refractivity contribution in [2.24, 2.45) is 0 Å².